The van der Waals surface area contributed by atoms with Crippen LogP contribution in [0.15, 0.2) is 82.0 Å². The summed E-state index contributed by atoms with van der Waals surface area (Å²) in [4.78, 5) is 24.5. The quantitative estimate of drug-likeness (QED) is 0.142. The van der Waals surface area contributed by atoms with Gasteiger partial charge in [-0.15, -0.1) is 0 Å². The van der Waals surface area contributed by atoms with E-state index in [0.29, 0.717) is 23.1 Å². The van der Waals surface area contributed by atoms with Gasteiger partial charge in [0.1, 0.15) is 17.1 Å². The summed E-state index contributed by atoms with van der Waals surface area (Å²) in [6.07, 6.45) is 6.50. The van der Waals surface area contributed by atoms with Crippen LogP contribution in [0, 0.1) is 5.82 Å². The Morgan fingerprint density at radius 3 is 2.50 bits per heavy atom. The molecule has 0 saturated heterocycles. The summed E-state index contributed by atoms with van der Waals surface area (Å²) < 4.78 is 29.5. The molecule has 1 aromatic heterocycles. The SMILES string of the molecule is CCOC(=O)c1cc(=O)c2cccc(/C=C/c3ccc(OCCCCc4ccc(F)cc4)cc3)c2o1. The Bertz CT molecular complexity index is 1400. The minimum Gasteiger partial charge on any atom is -0.494 e. The van der Waals surface area contributed by atoms with Crippen LogP contribution in [0.5, 0.6) is 5.75 Å². The van der Waals surface area contributed by atoms with Crippen LogP contribution in [-0.2, 0) is 11.2 Å². The number of halogens is 1. The summed E-state index contributed by atoms with van der Waals surface area (Å²) in [5.41, 5.74) is 2.78. The molecule has 0 bridgehead atoms. The summed E-state index contributed by atoms with van der Waals surface area (Å²) in [6.45, 7) is 2.49. The van der Waals surface area contributed by atoms with Crippen molar-refractivity contribution >= 4 is 29.1 Å². The van der Waals surface area contributed by atoms with Gasteiger partial charge in [-0.3, -0.25) is 4.79 Å². The number of ether oxygens (including phenoxy) is 2. The first-order valence-electron chi connectivity index (χ1n) is 11.9. The third-order valence-electron chi connectivity index (χ3n) is 5.64. The number of fused-ring (bicyclic) bond motifs is 1. The number of esters is 1. The number of aryl methyl sites for hydroxylation is 1. The summed E-state index contributed by atoms with van der Waals surface area (Å²) >= 11 is 0. The zero-order chi connectivity index (χ0) is 25.3. The third kappa shape index (κ3) is 6.48. The lowest BCUT2D eigenvalue weighted by Crippen LogP contribution is -2.10. The van der Waals surface area contributed by atoms with E-state index in [2.05, 4.69) is 0 Å². The molecule has 0 aliphatic carbocycles. The fourth-order valence-electron chi connectivity index (χ4n) is 3.77. The van der Waals surface area contributed by atoms with Crippen LogP contribution in [0.1, 0.15) is 47.0 Å². The predicted molar refractivity (Wildman–Crippen MR) is 139 cm³/mol. The van der Waals surface area contributed by atoms with Gasteiger partial charge >= 0.3 is 5.97 Å². The molecule has 0 atom stereocenters. The van der Waals surface area contributed by atoms with Gasteiger partial charge in [-0.2, -0.15) is 0 Å². The molecule has 1 heterocycles. The molecule has 0 aliphatic heterocycles. The van der Waals surface area contributed by atoms with Crippen LogP contribution < -0.4 is 10.2 Å². The minimum absolute atomic E-state index is 0.116. The van der Waals surface area contributed by atoms with Crippen molar-refractivity contribution in [1.82, 2.24) is 0 Å². The fourth-order valence-corrected chi connectivity index (χ4v) is 3.77. The first-order valence-corrected chi connectivity index (χ1v) is 11.9. The predicted octanol–water partition coefficient (Wildman–Crippen LogP) is 6.68. The summed E-state index contributed by atoms with van der Waals surface area (Å²) in [5, 5.41) is 0.397. The monoisotopic (exact) mass is 486 g/mol. The van der Waals surface area contributed by atoms with E-state index < -0.39 is 5.97 Å². The highest BCUT2D eigenvalue weighted by Crippen LogP contribution is 2.21. The number of carbonyl (C=O) groups excluding carboxylic acids is 1. The van der Waals surface area contributed by atoms with Gasteiger partial charge in [0.25, 0.3) is 0 Å². The van der Waals surface area contributed by atoms with E-state index in [1.807, 2.05) is 54.6 Å². The lowest BCUT2D eigenvalue weighted by Gasteiger charge is -2.07. The topological polar surface area (TPSA) is 65.7 Å². The second kappa shape index (κ2) is 12.0. The highest BCUT2D eigenvalue weighted by Gasteiger charge is 2.14. The molecule has 0 spiro atoms. The Morgan fingerprint density at radius 1 is 0.972 bits per heavy atom. The zero-order valence-corrected chi connectivity index (χ0v) is 20.0. The van der Waals surface area contributed by atoms with Gasteiger partial charge in [-0.25, -0.2) is 9.18 Å². The summed E-state index contributed by atoms with van der Waals surface area (Å²) in [5.74, 6) is -0.216. The minimum atomic E-state index is -0.665. The van der Waals surface area contributed by atoms with E-state index >= 15 is 0 Å². The molecule has 3 aromatic carbocycles. The summed E-state index contributed by atoms with van der Waals surface area (Å²) in [6, 6.07) is 20.7. The second-order valence-corrected chi connectivity index (χ2v) is 8.25. The van der Waals surface area contributed by atoms with Crippen LogP contribution in [0.4, 0.5) is 4.39 Å². The van der Waals surface area contributed by atoms with Gasteiger partial charge in [-0.05, 0) is 67.6 Å². The normalized spacial score (nSPS) is 11.2. The maximum absolute atomic E-state index is 13.0. The Kier molecular flexibility index (Phi) is 8.29. The van der Waals surface area contributed by atoms with Gasteiger partial charge < -0.3 is 13.9 Å². The molecule has 5 nitrogen and oxygen atoms in total. The molecule has 0 radical (unpaired) electrons. The van der Waals surface area contributed by atoms with E-state index in [1.165, 1.54) is 12.1 Å². The van der Waals surface area contributed by atoms with Crippen molar-refractivity contribution in [2.45, 2.75) is 26.2 Å². The van der Waals surface area contributed by atoms with Crippen molar-refractivity contribution < 1.29 is 23.1 Å². The Labute approximate surface area is 208 Å². The average molecular weight is 487 g/mol. The van der Waals surface area contributed by atoms with Crippen LogP contribution in [0.25, 0.3) is 23.1 Å². The maximum Gasteiger partial charge on any atom is 0.374 e. The van der Waals surface area contributed by atoms with E-state index in [1.54, 1.807) is 19.1 Å². The lowest BCUT2D eigenvalue weighted by molar-refractivity contribution is 0.0490. The first-order chi connectivity index (χ1) is 17.5. The molecule has 0 aliphatic rings. The molecule has 0 fully saturated rings. The number of rotatable bonds is 10. The van der Waals surface area contributed by atoms with E-state index in [-0.39, 0.29) is 23.6 Å². The van der Waals surface area contributed by atoms with E-state index in [0.717, 1.165) is 42.2 Å². The van der Waals surface area contributed by atoms with Crippen molar-refractivity contribution in [2.24, 2.45) is 0 Å². The molecule has 0 saturated carbocycles. The molecule has 184 valence electrons. The molecular formula is C30H27FO5. The Hall–Kier alpha value is -4.19. The van der Waals surface area contributed by atoms with Gasteiger partial charge in [0.2, 0.25) is 5.76 Å². The molecular weight excluding hydrogens is 459 g/mol. The molecule has 36 heavy (non-hydrogen) atoms. The maximum atomic E-state index is 13.0. The molecule has 4 rings (SSSR count). The average Bonchev–Trinajstić information content (AvgIpc) is 2.89. The van der Waals surface area contributed by atoms with E-state index in [4.69, 9.17) is 13.9 Å². The van der Waals surface area contributed by atoms with Crippen molar-refractivity contribution in [3.63, 3.8) is 0 Å². The molecule has 0 N–H and O–H groups in total. The third-order valence-corrected chi connectivity index (χ3v) is 5.64. The van der Waals surface area contributed by atoms with Crippen molar-refractivity contribution in [1.29, 1.82) is 0 Å². The zero-order valence-electron chi connectivity index (χ0n) is 20.0. The number of carbonyl (C=O) groups is 1. The van der Waals surface area contributed by atoms with Crippen LogP contribution >= 0.6 is 0 Å². The molecule has 0 unspecified atom stereocenters. The first kappa shape index (κ1) is 24.9. The Balaban J connectivity index is 1.36. The standard InChI is InChI=1S/C30H27FO5/c1-2-34-30(33)28-20-27(32)26-8-5-7-23(29(26)36-28)14-9-22-12-17-25(18-13-22)35-19-4-3-6-21-10-15-24(31)16-11-21/h5,7-18,20H,2-4,6,19H2,1H3/b14-9+. The van der Waals surface area contributed by atoms with Crippen molar-refractivity contribution in [2.75, 3.05) is 13.2 Å². The molecule has 6 heteroatoms. The molecule has 0 amide bonds. The van der Waals surface area contributed by atoms with Crippen LogP contribution in [0.2, 0.25) is 0 Å². The lowest BCUT2D eigenvalue weighted by atomic mass is 10.1. The number of hydrogen-bond acceptors (Lipinski definition) is 5. The smallest absolute Gasteiger partial charge is 0.374 e. The highest BCUT2D eigenvalue weighted by molar-refractivity contribution is 5.92. The van der Waals surface area contributed by atoms with E-state index in [9.17, 15) is 14.0 Å². The Morgan fingerprint density at radius 2 is 1.75 bits per heavy atom. The van der Waals surface area contributed by atoms with Gasteiger partial charge in [0.15, 0.2) is 5.43 Å². The highest BCUT2D eigenvalue weighted by atomic mass is 19.1. The van der Waals surface area contributed by atoms with Crippen LogP contribution in [-0.4, -0.2) is 19.2 Å². The van der Waals surface area contributed by atoms with Gasteiger partial charge in [0.05, 0.1) is 18.6 Å². The van der Waals surface area contributed by atoms with Gasteiger partial charge in [-0.1, -0.05) is 48.6 Å². The number of para-hydroxylation sites is 1. The van der Waals surface area contributed by atoms with Crippen molar-refractivity contribution in [3.05, 3.63) is 111 Å². The number of unbranched alkanes of at least 4 members (excludes halogenated alkanes) is 1. The second-order valence-electron chi connectivity index (χ2n) is 8.25. The number of benzene rings is 3. The number of hydrogen-bond donors (Lipinski definition) is 0. The van der Waals surface area contributed by atoms with Gasteiger partial charge in [0, 0.05) is 11.6 Å². The molecule has 4 aromatic rings. The van der Waals surface area contributed by atoms with Crippen LogP contribution in [0.3, 0.4) is 0 Å². The van der Waals surface area contributed by atoms with Crippen molar-refractivity contribution in [3.8, 4) is 5.75 Å². The summed E-state index contributed by atoms with van der Waals surface area (Å²) in [7, 11) is 0. The largest absolute Gasteiger partial charge is 0.494 e. The fraction of sp³-hybridized carbons (Fsp3) is 0.200.